The Bertz CT molecular complexity index is 692. The summed E-state index contributed by atoms with van der Waals surface area (Å²) in [5.41, 5.74) is 0. The van der Waals surface area contributed by atoms with Gasteiger partial charge in [-0.15, -0.1) is 5.10 Å². The van der Waals surface area contributed by atoms with Crippen LogP contribution in [0.15, 0.2) is 35.2 Å². The second kappa shape index (κ2) is 5.90. The third kappa shape index (κ3) is 3.11. The van der Waals surface area contributed by atoms with Gasteiger partial charge in [0.15, 0.2) is 5.82 Å². The maximum absolute atomic E-state index is 12.2. The fourth-order valence-corrected chi connectivity index (χ4v) is 3.60. The van der Waals surface area contributed by atoms with Crippen LogP contribution in [0.2, 0.25) is 0 Å². The minimum Gasteiger partial charge on any atom is -0.225 e. The Balaban J connectivity index is 1.72. The van der Waals surface area contributed by atoms with E-state index in [1.807, 2.05) is 0 Å². The van der Waals surface area contributed by atoms with Gasteiger partial charge in [0, 0.05) is 0 Å². The first-order valence-corrected chi connectivity index (χ1v) is 8.46. The van der Waals surface area contributed by atoms with Crippen LogP contribution in [-0.2, 0) is 16.6 Å². The van der Waals surface area contributed by atoms with Gasteiger partial charge in [0.25, 0.3) is 0 Å². The number of hydrogen-bond donors (Lipinski definition) is 1. The summed E-state index contributed by atoms with van der Waals surface area (Å²) in [6.07, 6.45) is 4.42. The summed E-state index contributed by atoms with van der Waals surface area (Å²) < 4.78 is 28.6. The molecule has 0 spiro atoms. The van der Waals surface area contributed by atoms with Crippen molar-refractivity contribution in [2.24, 2.45) is 0 Å². The molecule has 0 aliphatic heterocycles. The van der Waals surface area contributed by atoms with Crippen LogP contribution in [0.1, 0.15) is 37.5 Å². The maximum atomic E-state index is 12.2. The van der Waals surface area contributed by atoms with Crippen molar-refractivity contribution in [2.45, 2.75) is 43.2 Å². The second-order valence-corrected chi connectivity index (χ2v) is 6.88. The largest absolute Gasteiger partial charge is 0.240 e. The molecule has 0 unspecified atom stereocenters. The van der Waals surface area contributed by atoms with Crippen LogP contribution in [0, 0.1) is 0 Å². The van der Waals surface area contributed by atoms with E-state index in [2.05, 4.69) is 20.2 Å². The molecule has 0 amide bonds. The van der Waals surface area contributed by atoms with Crippen LogP contribution >= 0.6 is 0 Å². The lowest BCUT2D eigenvalue weighted by Crippen LogP contribution is -2.26. The van der Waals surface area contributed by atoms with Crippen molar-refractivity contribution in [3.63, 3.8) is 0 Å². The molecule has 0 bridgehead atoms. The van der Waals surface area contributed by atoms with Crippen LogP contribution in [0.3, 0.4) is 0 Å². The Kier molecular flexibility index (Phi) is 3.98. The van der Waals surface area contributed by atoms with Gasteiger partial charge < -0.3 is 0 Å². The molecule has 8 heteroatoms. The molecule has 1 fully saturated rings. The van der Waals surface area contributed by atoms with Gasteiger partial charge in [-0.25, -0.2) is 17.8 Å². The number of nitrogens with zero attached hydrogens (tertiary/aromatic N) is 4. The van der Waals surface area contributed by atoms with Gasteiger partial charge in [0.05, 0.1) is 17.5 Å². The summed E-state index contributed by atoms with van der Waals surface area (Å²) in [6.45, 7) is 0.0979. The maximum Gasteiger partial charge on any atom is 0.240 e. The summed E-state index contributed by atoms with van der Waals surface area (Å²) in [4.78, 5) is 0.241. The summed E-state index contributed by atoms with van der Waals surface area (Å²) in [7, 11) is -3.54. The Labute approximate surface area is 123 Å². The molecule has 3 rings (SSSR count). The number of tetrazole rings is 1. The standard InChI is InChI=1S/C13H17N5O2S/c19-21(20,12-8-2-1-3-9-12)14-10-13-15-16-17-18(13)11-6-4-5-7-11/h1-3,8-9,11,14H,4-7,10H2. The van der Waals surface area contributed by atoms with Crippen LogP contribution < -0.4 is 4.72 Å². The monoisotopic (exact) mass is 307 g/mol. The Morgan fingerprint density at radius 2 is 1.90 bits per heavy atom. The topological polar surface area (TPSA) is 89.8 Å². The van der Waals surface area contributed by atoms with E-state index in [9.17, 15) is 8.42 Å². The van der Waals surface area contributed by atoms with Crippen molar-refractivity contribution in [3.8, 4) is 0 Å². The first-order valence-electron chi connectivity index (χ1n) is 6.98. The number of nitrogens with one attached hydrogen (secondary N) is 1. The Morgan fingerprint density at radius 1 is 1.19 bits per heavy atom. The number of aromatic nitrogens is 4. The summed E-state index contributed by atoms with van der Waals surface area (Å²) in [5.74, 6) is 0.557. The molecule has 1 heterocycles. The lowest BCUT2D eigenvalue weighted by Gasteiger charge is -2.12. The molecule has 0 atom stereocenters. The van der Waals surface area contributed by atoms with Gasteiger partial charge in [-0.3, -0.25) is 0 Å². The molecule has 1 aliphatic carbocycles. The van der Waals surface area contributed by atoms with E-state index in [0.717, 1.165) is 12.8 Å². The molecule has 2 aromatic rings. The van der Waals surface area contributed by atoms with Crippen molar-refractivity contribution >= 4 is 10.0 Å². The van der Waals surface area contributed by atoms with Crippen molar-refractivity contribution in [1.29, 1.82) is 0 Å². The molecule has 7 nitrogen and oxygen atoms in total. The molecular formula is C13H17N5O2S. The lowest BCUT2D eigenvalue weighted by atomic mass is 10.2. The van der Waals surface area contributed by atoms with Crippen LogP contribution in [0.4, 0.5) is 0 Å². The normalized spacial score (nSPS) is 16.4. The average Bonchev–Trinajstić information content (AvgIpc) is 3.17. The van der Waals surface area contributed by atoms with E-state index in [-0.39, 0.29) is 17.5 Å². The minimum atomic E-state index is -3.54. The van der Waals surface area contributed by atoms with E-state index in [0.29, 0.717) is 5.82 Å². The molecule has 1 saturated carbocycles. The Morgan fingerprint density at radius 3 is 2.62 bits per heavy atom. The second-order valence-electron chi connectivity index (χ2n) is 5.12. The zero-order valence-corrected chi connectivity index (χ0v) is 12.3. The first-order chi connectivity index (χ1) is 10.2. The molecule has 1 aromatic carbocycles. The fraction of sp³-hybridized carbons (Fsp3) is 0.462. The SMILES string of the molecule is O=S(=O)(NCc1nnnn1C1CCCC1)c1ccccc1. The van der Waals surface area contributed by atoms with Crippen molar-refractivity contribution in [1.82, 2.24) is 24.9 Å². The van der Waals surface area contributed by atoms with Crippen LogP contribution in [0.25, 0.3) is 0 Å². The van der Waals surface area contributed by atoms with Crippen molar-refractivity contribution < 1.29 is 8.42 Å². The smallest absolute Gasteiger partial charge is 0.225 e. The number of hydrogen-bond acceptors (Lipinski definition) is 5. The van der Waals surface area contributed by atoms with Gasteiger partial charge in [0.1, 0.15) is 0 Å². The zero-order valence-electron chi connectivity index (χ0n) is 11.5. The third-order valence-electron chi connectivity index (χ3n) is 3.71. The van der Waals surface area contributed by atoms with E-state index in [1.165, 1.54) is 12.8 Å². The van der Waals surface area contributed by atoms with Gasteiger partial charge in [0.2, 0.25) is 10.0 Å². The predicted octanol–water partition coefficient (Wildman–Crippen LogP) is 1.27. The van der Waals surface area contributed by atoms with Crippen LogP contribution in [0.5, 0.6) is 0 Å². The summed E-state index contributed by atoms with van der Waals surface area (Å²) in [5, 5.41) is 11.6. The predicted molar refractivity (Wildman–Crippen MR) is 75.8 cm³/mol. The molecule has 21 heavy (non-hydrogen) atoms. The molecule has 1 aliphatic rings. The van der Waals surface area contributed by atoms with Gasteiger partial charge >= 0.3 is 0 Å². The molecule has 0 saturated heterocycles. The molecule has 0 radical (unpaired) electrons. The van der Waals surface area contributed by atoms with E-state index in [1.54, 1.807) is 35.0 Å². The number of rotatable bonds is 5. The zero-order chi connectivity index (χ0) is 14.7. The number of benzene rings is 1. The van der Waals surface area contributed by atoms with E-state index < -0.39 is 10.0 Å². The first kappa shape index (κ1) is 14.2. The van der Waals surface area contributed by atoms with Gasteiger partial charge in [-0.1, -0.05) is 31.0 Å². The number of sulfonamides is 1. The highest BCUT2D eigenvalue weighted by molar-refractivity contribution is 7.89. The average molecular weight is 307 g/mol. The molecule has 1 aromatic heterocycles. The lowest BCUT2D eigenvalue weighted by molar-refractivity contribution is 0.435. The highest BCUT2D eigenvalue weighted by Crippen LogP contribution is 2.29. The van der Waals surface area contributed by atoms with E-state index in [4.69, 9.17) is 0 Å². The van der Waals surface area contributed by atoms with Crippen molar-refractivity contribution in [3.05, 3.63) is 36.2 Å². The Hall–Kier alpha value is -1.80. The van der Waals surface area contributed by atoms with E-state index >= 15 is 0 Å². The molecule has 1 N–H and O–H groups in total. The quantitative estimate of drug-likeness (QED) is 0.898. The van der Waals surface area contributed by atoms with Crippen LogP contribution in [-0.4, -0.2) is 28.6 Å². The molecular weight excluding hydrogens is 290 g/mol. The molecule has 112 valence electrons. The van der Waals surface area contributed by atoms with Gasteiger partial charge in [-0.05, 0) is 35.4 Å². The minimum absolute atomic E-state index is 0.0979. The fourth-order valence-electron chi connectivity index (χ4n) is 2.60. The third-order valence-corrected chi connectivity index (χ3v) is 5.12. The van der Waals surface area contributed by atoms with Crippen molar-refractivity contribution in [2.75, 3.05) is 0 Å². The highest BCUT2D eigenvalue weighted by Gasteiger charge is 2.22. The summed E-state index contributed by atoms with van der Waals surface area (Å²) in [6, 6.07) is 8.56. The highest BCUT2D eigenvalue weighted by atomic mass is 32.2. The van der Waals surface area contributed by atoms with Gasteiger partial charge in [-0.2, -0.15) is 0 Å². The summed E-state index contributed by atoms with van der Waals surface area (Å²) >= 11 is 0.